The van der Waals surface area contributed by atoms with Gasteiger partial charge in [-0.25, -0.2) is 0 Å². The predicted octanol–water partition coefficient (Wildman–Crippen LogP) is 6.78. The molecule has 0 unspecified atom stereocenters. The van der Waals surface area contributed by atoms with Gasteiger partial charge < -0.3 is 10.6 Å². The van der Waals surface area contributed by atoms with Crippen molar-refractivity contribution in [1.82, 2.24) is 0 Å². The van der Waals surface area contributed by atoms with E-state index in [-0.39, 0.29) is 22.6 Å². The Hall–Kier alpha value is -1.84. The van der Waals surface area contributed by atoms with Crippen molar-refractivity contribution < 1.29 is 9.59 Å². The number of anilines is 2. The van der Waals surface area contributed by atoms with E-state index in [4.69, 9.17) is 0 Å². The summed E-state index contributed by atoms with van der Waals surface area (Å²) in [5.41, 5.74) is 2.12. The molecule has 0 aromatic heterocycles. The van der Waals surface area contributed by atoms with Gasteiger partial charge in [0.15, 0.2) is 0 Å². The number of nitrogens with one attached hydrogen (secondary N) is 2. The molecular weight excluding hydrogens is 420 g/mol. The number of hydrogen-bond acceptors (Lipinski definition) is 2. The van der Waals surface area contributed by atoms with Gasteiger partial charge in [-0.1, -0.05) is 6.07 Å². The standard InChI is InChI=1S/C30H40N2O2/c33-27(17-29-11-19-4-20(12-29)6-21(5-19)13-29)31-25-2-1-3-26(10-25)32-28(34)18-30-14-22-7-23(15-30)9-24(8-22)16-30/h1-3,10,19-24H,4-9,11-18H2,(H,31,33)(H,32,34). The monoisotopic (exact) mass is 460 g/mol. The average molecular weight is 461 g/mol. The first-order valence-corrected chi connectivity index (χ1v) is 14.1. The van der Waals surface area contributed by atoms with Crippen LogP contribution in [0.5, 0.6) is 0 Å². The SMILES string of the molecule is O=C(CC12CC3CC(CC(C3)C1)C2)Nc1cccc(NC(=O)CC23CC4CC(CC(C4)C2)C3)c1. The molecule has 8 aliphatic carbocycles. The molecule has 0 saturated heterocycles. The highest BCUT2D eigenvalue weighted by Crippen LogP contribution is 2.62. The predicted molar refractivity (Wildman–Crippen MR) is 134 cm³/mol. The first-order chi connectivity index (χ1) is 16.4. The number of amides is 2. The maximum Gasteiger partial charge on any atom is 0.224 e. The summed E-state index contributed by atoms with van der Waals surface area (Å²) in [6, 6.07) is 7.79. The molecule has 8 fully saturated rings. The van der Waals surface area contributed by atoms with Crippen molar-refractivity contribution in [3.05, 3.63) is 24.3 Å². The zero-order chi connectivity index (χ0) is 22.9. The minimum Gasteiger partial charge on any atom is -0.326 e. The van der Waals surface area contributed by atoms with E-state index in [0.29, 0.717) is 12.8 Å². The van der Waals surface area contributed by atoms with Crippen LogP contribution in [0, 0.1) is 46.3 Å². The van der Waals surface area contributed by atoms with Gasteiger partial charge in [0.25, 0.3) is 0 Å². The smallest absolute Gasteiger partial charge is 0.224 e. The van der Waals surface area contributed by atoms with Crippen LogP contribution in [0.1, 0.15) is 89.9 Å². The Morgan fingerprint density at radius 3 is 1.26 bits per heavy atom. The molecule has 8 aliphatic rings. The summed E-state index contributed by atoms with van der Waals surface area (Å²) in [4.78, 5) is 26.1. The number of carbonyl (C=O) groups is 2. The van der Waals surface area contributed by atoms with Gasteiger partial charge in [-0.05, 0) is 142 Å². The average Bonchev–Trinajstić information content (AvgIpc) is 2.70. The highest BCUT2D eigenvalue weighted by molar-refractivity contribution is 5.94. The van der Waals surface area contributed by atoms with E-state index in [0.717, 1.165) is 46.9 Å². The molecule has 8 saturated carbocycles. The van der Waals surface area contributed by atoms with E-state index in [1.165, 1.54) is 77.0 Å². The van der Waals surface area contributed by atoms with E-state index >= 15 is 0 Å². The third-order valence-electron chi connectivity index (χ3n) is 10.8. The van der Waals surface area contributed by atoms with Gasteiger partial charge in [-0.15, -0.1) is 0 Å². The van der Waals surface area contributed by atoms with Gasteiger partial charge in [0.05, 0.1) is 0 Å². The highest BCUT2D eigenvalue weighted by Gasteiger charge is 2.52. The lowest BCUT2D eigenvalue weighted by atomic mass is 9.49. The van der Waals surface area contributed by atoms with Crippen LogP contribution < -0.4 is 10.6 Å². The lowest BCUT2D eigenvalue weighted by Crippen LogP contribution is -2.47. The molecule has 0 aliphatic heterocycles. The van der Waals surface area contributed by atoms with Crippen LogP contribution in [0.3, 0.4) is 0 Å². The molecular formula is C30H40N2O2. The molecule has 0 radical (unpaired) electrons. The minimum absolute atomic E-state index is 0.152. The van der Waals surface area contributed by atoms with Gasteiger partial charge in [0.1, 0.15) is 0 Å². The minimum atomic E-state index is 0.152. The van der Waals surface area contributed by atoms with E-state index < -0.39 is 0 Å². The van der Waals surface area contributed by atoms with Crippen molar-refractivity contribution in [2.75, 3.05) is 10.6 Å². The highest BCUT2D eigenvalue weighted by atomic mass is 16.2. The molecule has 4 nitrogen and oxygen atoms in total. The van der Waals surface area contributed by atoms with E-state index in [9.17, 15) is 9.59 Å². The maximum atomic E-state index is 13.0. The van der Waals surface area contributed by atoms with Gasteiger partial charge >= 0.3 is 0 Å². The molecule has 1 aromatic rings. The summed E-state index contributed by atoms with van der Waals surface area (Å²) in [6.07, 6.45) is 17.3. The zero-order valence-electron chi connectivity index (χ0n) is 20.5. The largest absolute Gasteiger partial charge is 0.326 e. The van der Waals surface area contributed by atoms with Gasteiger partial charge in [0.2, 0.25) is 11.8 Å². The Kier molecular flexibility index (Phi) is 4.94. The first-order valence-electron chi connectivity index (χ1n) is 14.1. The Morgan fingerprint density at radius 2 is 0.941 bits per heavy atom. The summed E-state index contributed by atoms with van der Waals surface area (Å²) in [7, 11) is 0. The molecule has 1 aromatic carbocycles. The lowest BCUT2D eigenvalue weighted by Gasteiger charge is -2.56. The van der Waals surface area contributed by atoms with Crippen molar-refractivity contribution in [2.24, 2.45) is 46.3 Å². The number of hydrogen-bond donors (Lipinski definition) is 2. The molecule has 0 heterocycles. The van der Waals surface area contributed by atoms with E-state index in [1.54, 1.807) is 0 Å². The molecule has 4 heteroatoms. The third kappa shape index (κ3) is 3.99. The summed E-state index contributed by atoms with van der Waals surface area (Å²) >= 11 is 0. The number of carbonyl (C=O) groups excluding carboxylic acids is 2. The van der Waals surface area contributed by atoms with Crippen LogP contribution in [0.4, 0.5) is 11.4 Å². The second-order valence-corrected chi connectivity index (χ2v) is 13.9. The fourth-order valence-electron chi connectivity index (χ4n) is 10.8. The van der Waals surface area contributed by atoms with Crippen LogP contribution in [0.15, 0.2) is 24.3 Å². The molecule has 0 spiro atoms. The number of benzene rings is 1. The first kappa shape index (κ1) is 21.4. The van der Waals surface area contributed by atoms with Crippen molar-refractivity contribution in [2.45, 2.75) is 89.9 Å². The Labute approximate surface area is 204 Å². The van der Waals surface area contributed by atoms with Crippen LogP contribution in [0.2, 0.25) is 0 Å². The summed E-state index contributed by atoms with van der Waals surface area (Å²) < 4.78 is 0. The fourth-order valence-corrected chi connectivity index (χ4v) is 10.8. The molecule has 182 valence electrons. The van der Waals surface area contributed by atoms with E-state index in [1.807, 2.05) is 24.3 Å². The molecule has 8 bridgehead atoms. The van der Waals surface area contributed by atoms with Gasteiger partial charge in [-0.2, -0.15) is 0 Å². The molecule has 2 amide bonds. The molecule has 9 rings (SSSR count). The van der Waals surface area contributed by atoms with Crippen LogP contribution >= 0.6 is 0 Å². The molecule has 2 N–H and O–H groups in total. The molecule has 34 heavy (non-hydrogen) atoms. The van der Waals surface area contributed by atoms with Crippen molar-refractivity contribution in [1.29, 1.82) is 0 Å². The van der Waals surface area contributed by atoms with Crippen molar-refractivity contribution in [3.8, 4) is 0 Å². The number of rotatable bonds is 6. The van der Waals surface area contributed by atoms with Gasteiger partial charge in [0, 0.05) is 24.2 Å². The Balaban J connectivity index is 0.969. The van der Waals surface area contributed by atoms with Crippen LogP contribution in [-0.2, 0) is 9.59 Å². The summed E-state index contributed by atoms with van der Waals surface area (Å²) in [5, 5.41) is 6.33. The van der Waals surface area contributed by atoms with Crippen molar-refractivity contribution >= 4 is 23.2 Å². The van der Waals surface area contributed by atoms with E-state index in [2.05, 4.69) is 10.6 Å². The normalized spacial score (nSPS) is 43.2. The Morgan fingerprint density at radius 1 is 0.618 bits per heavy atom. The van der Waals surface area contributed by atoms with Crippen molar-refractivity contribution in [3.63, 3.8) is 0 Å². The maximum absolute atomic E-state index is 13.0. The fraction of sp³-hybridized carbons (Fsp3) is 0.733. The van der Waals surface area contributed by atoms with Gasteiger partial charge in [-0.3, -0.25) is 9.59 Å². The molecule has 0 atom stereocenters. The second-order valence-electron chi connectivity index (χ2n) is 13.9. The quantitative estimate of drug-likeness (QED) is 0.492. The van der Waals surface area contributed by atoms with Crippen LogP contribution in [-0.4, -0.2) is 11.8 Å². The lowest BCUT2D eigenvalue weighted by molar-refractivity contribution is -0.125. The second kappa shape index (κ2) is 7.83. The third-order valence-corrected chi connectivity index (χ3v) is 10.8. The summed E-state index contributed by atoms with van der Waals surface area (Å²) in [6.45, 7) is 0. The zero-order valence-corrected chi connectivity index (χ0v) is 20.5. The summed E-state index contributed by atoms with van der Waals surface area (Å²) in [5.74, 6) is 5.51. The Bertz CT molecular complexity index is 851. The topological polar surface area (TPSA) is 58.2 Å². The van der Waals surface area contributed by atoms with Crippen LogP contribution in [0.25, 0.3) is 0 Å².